The van der Waals surface area contributed by atoms with E-state index in [1.54, 1.807) is 17.7 Å². The minimum absolute atomic E-state index is 0.0373. The van der Waals surface area contributed by atoms with E-state index < -0.39 is 0 Å². The van der Waals surface area contributed by atoms with Gasteiger partial charge in [0, 0.05) is 23.2 Å². The topological polar surface area (TPSA) is 83.0 Å². The van der Waals surface area contributed by atoms with Gasteiger partial charge in [-0.05, 0) is 36.6 Å². The summed E-state index contributed by atoms with van der Waals surface area (Å²) < 4.78 is 0.936. The van der Waals surface area contributed by atoms with E-state index in [1.807, 2.05) is 18.2 Å². The molecule has 128 valence electrons. The van der Waals surface area contributed by atoms with Gasteiger partial charge in [-0.2, -0.15) is 0 Å². The maximum atomic E-state index is 11.5. The fourth-order valence-corrected chi connectivity index (χ4v) is 5.80. The summed E-state index contributed by atoms with van der Waals surface area (Å²) in [6, 6.07) is 5.87. The monoisotopic (exact) mass is 379 g/mol. The average molecular weight is 379 g/mol. The standard InChI is InChI=1S/C18H13N5OS2/c24-17-23-11-2-1-9(5-12(11)26-17)22-15-14-10-3-4-18(7-21-18)6-13(10)25-16(14)20-8-19-15/h1-2,5,7-8H,3-4,6H2,(H,23,24)(H,19,20,22). The molecule has 0 saturated heterocycles. The van der Waals surface area contributed by atoms with Gasteiger partial charge < -0.3 is 10.3 Å². The Bertz CT molecular complexity index is 1280. The first-order chi connectivity index (χ1) is 12.7. The normalized spacial score (nSPS) is 20.8. The van der Waals surface area contributed by atoms with E-state index in [1.165, 1.54) is 21.8 Å². The average Bonchev–Trinajstić information content (AvgIpc) is 3.10. The van der Waals surface area contributed by atoms with E-state index in [9.17, 15) is 4.79 Å². The largest absolute Gasteiger partial charge is 0.340 e. The fourth-order valence-electron chi connectivity index (χ4n) is 3.72. The van der Waals surface area contributed by atoms with Gasteiger partial charge in [0.15, 0.2) is 0 Å². The van der Waals surface area contributed by atoms with Crippen molar-refractivity contribution in [2.45, 2.75) is 24.8 Å². The van der Waals surface area contributed by atoms with E-state index in [0.717, 1.165) is 51.2 Å². The number of nitrogens with one attached hydrogen (secondary N) is 2. The third-order valence-electron chi connectivity index (χ3n) is 5.12. The van der Waals surface area contributed by atoms with Gasteiger partial charge in [0.05, 0.1) is 15.6 Å². The molecule has 1 atom stereocenters. The molecule has 0 amide bonds. The van der Waals surface area contributed by atoms with Crippen LogP contribution < -0.4 is 10.2 Å². The van der Waals surface area contributed by atoms with Crippen molar-refractivity contribution in [3.05, 3.63) is 44.6 Å². The van der Waals surface area contributed by atoms with Gasteiger partial charge in [-0.25, -0.2) is 9.97 Å². The molecule has 1 aromatic carbocycles. The Balaban J connectivity index is 1.45. The smallest absolute Gasteiger partial charge is 0.305 e. The molecule has 2 N–H and O–H groups in total. The summed E-state index contributed by atoms with van der Waals surface area (Å²) in [4.78, 5) is 30.2. The number of rotatable bonds is 2. The zero-order valence-corrected chi connectivity index (χ0v) is 15.2. The molecule has 4 heterocycles. The molecule has 8 heteroatoms. The summed E-state index contributed by atoms with van der Waals surface area (Å²) in [6.45, 7) is 0. The van der Waals surface area contributed by atoms with Gasteiger partial charge in [-0.3, -0.25) is 9.79 Å². The van der Waals surface area contributed by atoms with Crippen molar-refractivity contribution in [2.24, 2.45) is 4.99 Å². The predicted molar refractivity (Wildman–Crippen MR) is 106 cm³/mol. The van der Waals surface area contributed by atoms with Crippen LogP contribution in [0.3, 0.4) is 0 Å². The van der Waals surface area contributed by atoms with Crippen molar-refractivity contribution >= 4 is 60.8 Å². The Hall–Kier alpha value is -2.58. The number of thiazole rings is 1. The van der Waals surface area contributed by atoms with E-state index in [4.69, 9.17) is 0 Å². The molecule has 26 heavy (non-hydrogen) atoms. The minimum atomic E-state index is -0.0373. The van der Waals surface area contributed by atoms with Gasteiger partial charge in [0.2, 0.25) is 0 Å². The van der Waals surface area contributed by atoms with Crippen molar-refractivity contribution in [1.29, 1.82) is 0 Å². The number of nitrogens with zero attached hydrogens (tertiary/aromatic N) is 3. The van der Waals surface area contributed by atoms with Crippen molar-refractivity contribution < 1.29 is 0 Å². The summed E-state index contributed by atoms with van der Waals surface area (Å²) in [7, 11) is 0. The Labute approximate surface area is 155 Å². The van der Waals surface area contributed by atoms with Gasteiger partial charge in [-0.1, -0.05) is 11.3 Å². The van der Waals surface area contributed by atoms with Crippen LogP contribution in [-0.4, -0.2) is 26.7 Å². The van der Waals surface area contributed by atoms with Gasteiger partial charge in [0.25, 0.3) is 0 Å². The zero-order chi connectivity index (χ0) is 17.3. The molecule has 0 radical (unpaired) electrons. The highest BCUT2D eigenvalue weighted by atomic mass is 32.1. The fraction of sp³-hybridized carbons (Fsp3) is 0.222. The number of aromatic amines is 1. The number of hydrogen-bond donors (Lipinski definition) is 2. The lowest BCUT2D eigenvalue weighted by atomic mass is 9.86. The third kappa shape index (κ3) is 2.15. The van der Waals surface area contributed by atoms with Crippen LogP contribution in [-0.2, 0) is 12.8 Å². The highest BCUT2D eigenvalue weighted by Crippen LogP contribution is 2.44. The van der Waals surface area contributed by atoms with Crippen LogP contribution in [0.4, 0.5) is 11.5 Å². The Morgan fingerprint density at radius 2 is 2.15 bits per heavy atom. The van der Waals surface area contributed by atoms with E-state index >= 15 is 0 Å². The first-order valence-corrected chi connectivity index (χ1v) is 10.0. The third-order valence-corrected chi connectivity index (χ3v) is 7.11. The van der Waals surface area contributed by atoms with Crippen LogP contribution >= 0.6 is 22.7 Å². The van der Waals surface area contributed by atoms with Crippen molar-refractivity contribution in [3.8, 4) is 0 Å². The molecule has 0 bridgehead atoms. The Morgan fingerprint density at radius 3 is 3.04 bits per heavy atom. The number of benzene rings is 1. The summed E-state index contributed by atoms with van der Waals surface area (Å²) in [6.07, 6.45) is 6.78. The molecule has 1 aliphatic carbocycles. The lowest BCUT2D eigenvalue weighted by Gasteiger charge is -2.19. The second-order valence-electron chi connectivity index (χ2n) is 6.80. The lowest BCUT2D eigenvalue weighted by molar-refractivity contribution is 0.574. The molecule has 3 aromatic heterocycles. The summed E-state index contributed by atoms with van der Waals surface area (Å²) >= 11 is 2.97. The highest BCUT2D eigenvalue weighted by Gasteiger charge is 2.41. The number of aliphatic imine (C=N–C) groups is 1. The number of anilines is 2. The summed E-state index contributed by atoms with van der Waals surface area (Å²) in [5.74, 6) is 0.836. The van der Waals surface area contributed by atoms with Crippen LogP contribution in [0.1, 0.15) is 16.9 Å². The van der Waals surface area contributed by atoms with Crippen LogP contribution in [0.25, 0.3) is 20.4 Å². The SMILES string of the molecule is O=c1[nH]c2ccc(Nc3ncnc4sc5c(c34)CCC3(C=N3)C5)cc2s1. The molecule has 2 aliphatic rings. The quantitative estimate of drug-likeness (QED) is 0.557. The van der Waals surface area contributed by atoms with E-state index in [0.29, 0.717) is 0 Å². The van der Waals surface area contributed by atoms with Crippen LogP contribution in [0.5, 0.6) is 0 Å². The zero-order valence-electron chi connectivity index (χ0n) is 13.6. The number of fused-ring (bicyclic) bond motifs is 4. The van der Waals surface area contributed by atoms with Crippen molar-refractivity contribution in [3.63, 3.8) is 0 Å². The van der Waals surface area contributed by atoms with Crippen LogP contribution in [0.2, 0.25) is 0 Å². The number of aromatic nitrogens is 3. The van der Waals surface area contributed by atoms with Gasteiger partial charge in [-0.15, -0.1) is 11.3 Å². The van der Waals surface area contributed by atoms with E-state index in [2.05, 4.69) is 31.5 Å². The molecule has 1 spiro atoms. The van der Waals surface area contributed by atoms with Gasteiger partial charge >= 0.3 is 4.87 Å². The van der Waals surface area contributed by atoms with Crippen molar-refractivity contribution in [1.82, 2.24) is 15.0 Å². The molecule has 0 saturated carbocycles. The highest BCUT2D eigenvalue weighted by molar-refractivity contribution is 7.19. The Morgan fingerprint density at radius 1 is 1.23 bits per heavy atom. The minimum Gasteiger partial charge on any atom is -0.340 e. The second-order valence-corrected chi connectivity index (χ2v) is 8.89. The maximum Gasteiger partial charge on any atom is 0.305 e. The first-order valence-electron chi connectivity index (χ1n) is 8.41. The number of hydrogen-bond acceptors (Lipinski definition) is 7. The van der Waals surface area contributed by atoms with Crippen LogP contribution in [0, 0.1) is 0 Å². The molecule has 0 fully saturated rings. The van der Waals surface area contributed by atoms with Gasteiger partial charge in [0.1, 0.15) is 22.5 Å². The molecular weight excluding hydrogens is 366 g/mol. The molecule has 1 aliphatic heterocycles. The predicted octanol–water partition coefficient (Wildman–Crippen LogP) is 3.65. The number of aryl methyl sites for hydroxylation is 1. The van der Waals surface area contributed by atoms with Crippen LogP contribution in [0.15, 0.2) is 34.3 Å². The summed E-state index contributed by atoms with van der Waals surface area (Å²) in [5, 5.41) is 4.57. The summed E-state index contributed by atoms with van der Waals surface area (Å²) in [5.41, 5.74) is 3.25. The lowest BCUT2D eigenvalue weighted by Crippen LogP contribution is -2.22. The molecule has 6 rings (SSSR count). The number of thiophene rings is 1. The molecule has 4 aromatic rings. The maximum absolute atomic E-state index is 11.5. The van der Waals surface area contributed by atoms with Crippen molar-refractivity contribution in [2.75, 3.05) is 5.32 Å². The van der Waals surface area contributed by atoms with E-state index in [-0.39, 0.29) is 10.4 Å². The molecular formula is C18H13N5OS2. The second kappa shape index (κ2) is 4.99. The molecule has 6 nitrogen and oxygen atoms in total. The Kier molecular flexibility index (Phi) is 2.80. The number of H-pyrrole nitrogens is 1. The molecule has 1 unspecified atom stereocenters. The first kappa shape index (κ1) is 14.6.